The Kier molecular flexibility index (Phi) is 4.10. The molecule has 4 heteroatoms. The van der Waals surface area contributed by atoms with Gasteiger partial charge in [0.25, 0.3) is 0 Å². The summed E-state index contributed by atoms with van der Waals surface area (Å²) in [4.78, 5) is 21.2. The van der Waals surface area contributed by atoms with E-state index in [1.165, 1.54) is 13.0 Å². The summed E-state index contributed by atoms with van der Waals surface area (Å²) in [5.74, 6) is 5.07. The van der Waals surface area contributed by atoms with Crippen LogP contribution in [-0.2, 0) is 4.79 Å². The average molecular weight is 217 g/mol. The highest BCUT2D eigenvalue weighted by Crippen LogP contribution is 2.18. The van der Waals surface area contributed by atoms with Gasteiger partial charge in [0.15, 0.2) is 6.29 Å². The van der Waals surface area contributed by atoms with Crippen LogP contribution in [0, 0.1) is 11.8 Å². The van der Waals surface area contributed by atoms with Gasteiger partial charge in [-0.1, -0.05) is 24.0 Å². The maximum Gasteiger partial charge on any atom is 0.217 e. The van der Waals surface area contributed by atoms with E-state index in [0.717, 1.165) is 0 Å². The van der Waals surface area contributed by atoms with Gasteiger partial charge in [0, 0.05) is 12.5 Å². The van der Waals surface area contributed by atoms with Gasteiger partial charge in [0.1, 0.15) is 5.75 Å². The molecule has 1 aromatic carbocycles. The second kappa shape index (κ2) is 5.56. The molecule has 0 saturated heterocycles. The minimum absolute atomic E-state index is 0.0417. The Bertz CT molecular complexity index is 469. The van der Waals surface area contributed by atoms with Crippen LogP contribution >= 0.6 is 0 Å². The highest BCUT2D eigenvalue weighted by molar-refractivity contribution is 5.81. The fourth-order valence-corrected chi connectivity index (χ4v) is 1.09. The van der Waals surface area contributed by atoms with Gasteiger partial charge in [-0.2, -0.15) is 0 Å². The zero-order valence-corrected chi connectivity index (χ0v) is 8.78. The van der Waals surface area contributed by atoms with Gasteiger partial charge in [-0.25, -0.2) is 0 Å². The van der Waals surface area contributed by atoms with Crippen LogP contribution in [0.3, 0.4) is 0 Å². The number of phenols is 1. The molecule has 1 amide bonds. The number of rotatable bonds is 2. The first-order valence-corrected chi connectivity index (χ1v) is 4.65. The third-order valence-corrected chi connectivity index (χ3v) is 1.84. The van der Waals surface area contributed by atoms with Crippen LogP contribution in [0.4, 0.5) is 0 Å². The Hall–Kier alpha value is -2.28. The monoisotopic (exact) mass is 217 g/mol. The van der Waals surface area contributed by atoms with Gasteiger partial charge in [0.2, 0.25) is 5.91 Å². The van der Waals surface area contributed by atoms with Crippen molar-refractivity contribution in [3.63, 3.8) is 0 Å². The largest absolute Gasteiger partial charge is 0.507 e. The van der Waals surface area contributed by atoms with E-state index in [1.807, 2.05) is 0 Å². The number of amides is 1. The smallest absolute Gasteiger partial charge is 0.217 e. The SMILES string of the molecule is CC(=O)NCC#Cc1c(O)cccc1C=O. The lowest BCUT2D eigenvalue weighted by Gasteiger charge is -1.99. The van der Waals surface area contributed by atoms with Crippen LogP contribution in [0.25, 0.3) is 0 Å². The van der Waals surface area contributed by atoms with Crippen LogP contribution in [0.5, 0.6) is 5.75 Å². The first-order chi connectivity index (χ1) is 7.65. The van der Waals surface area contributed by atoms with Crippen LogP contribution < -0.4 is 5.32 Å². The lowest BCUT2D eigenvalue weighted by atomic mass is 10.1. The second-order valence-electron chi connectivity index (χ2n) is 3.07. The molecule has 16 heavy (non-hydrogen) atoms. The summed E-state index contributed by atoms with van der Waals surface area (Å²) in [5, 5.41) is 12.0. The maximum atomic E-state index is 10.7. The van der Waals surface area contributed by atoms with Crippen molar-refractivity contribution in [2.45, 2.75) is 6.92 Å². The molecule has 0 radical (unpaired) electrons. The van der Waals surface area contributed by atoms with Crippen molar-refractivity contribution in [1.29, 1.82) is 0 Å². The Balaban J connectivity index is 2.87. The first kappa shape index (κ1) is 11.8. The van der Waals surface area contributed by atoms with Gasteiger partial charge in [0.05, 0.1) is 12.1 Å². The molecule has 1 aromatic rings. The van der Waals surface area contributed by atoms with Crippen molar-refractivity contribution in [1.82, 2.24) is 5.32 Å². The van der Waals surface area contributed by atoms with Gasteiger partial charge < -0.3 is 10.4 Å². The topological polar surface area (TPSA) is 66.4 Å². The highest BCUT2D eigenvalue weighted by atomic mass is 16.3. The third kappa shape index (κ3) is 3.14. The molecule has 0 unspecified atom stereocenters. The van der Waals surface area contributed by atoms with Crippen molar-refractivity contribution < 1.29 is 14.7 Å². The standard InChI is InChI=1S/C12H11NO3/c1-9(15)13-7-3-5-11-10(8-14)4-2-6-12(11)16/h2,4,6,8,16H,7H2,1H3,(H,13,15). The number of carbonyl (C=O) groups is 2. The zero-order valence-electron chi connectivity index (χ0n) is 8.78. The quantitative estimate of drug-likeness (QED) is 0.566. The van der Waals surface area contributed by atoms with E-state index in [0.29, 0.717) is 11.8 Å². The number of aldehydes is 1. The van der Waals surface area contributed by atoms with E-state index in [4.69, 9.17) is 0 Å². The molecule has 0 saturated carbocycles. The molecule has 2 N–H and O–H groups in total. The Morgan fingerprint density at radius 2 is 2.31 bits per heavy atom. The lowest BCUT2D eigenvalue weighted by molar-refractivity contribution is -0.118. The Morgan fingerprint density at radius 1 is 1.56 bits per heavy atom. The number of aromatic hydroxyl groups is 1. The van der Waals surface area contributed by atoms with Gasteiger partial charge >= 0.3 is 0 Å². The summed E-state index contributed by atoms with van der Waals surface area (Å²) in [5.41, 5.74) is 0.609. The van der Waals surface area contributed by atoms with E-state index in [-0.39, 0.29) is 23.8 Å². The van der Waals surface area contributed by atoms with Crippen molar-refractivity contribution in [2.75, 3.05) is 6.54 Å². The molecule has 0 fully saturated rings. The van der Waals surface area contributed by atoms with E-state index in [1.54, 1.807) is 12.1 Å². The molecule has 1 rings (SSSR count). The molecular weight excluding hydrogens is 206 g/mol. The minimum atomic E-state index is -0.179. The molecule has 0 aliphatic carbocycles. The van der Waals surface area contributed by atoms with Gasteiger partial charge in [-0.15, -0.1) is 0 Å². The van der Waals surface area contributed by atoms with Crippen LogP contribution in [0.1, 0.15) is 22.8 Å². The van der Waals surface area contributed by atoms with Crippen LogP contribution in [0.2, 0.25) is 0 Å². The summed E-state index contributed by atoms with van der Waals surface area (Å²) < 4.78 is 0. The molecule has 0 aliphatic rings. The number of carbonyl (C=O) groups excluding carboxylic acids is 2. The maximum absolute atomic E-state index is 10.7. The molecule has 82 valence electrons. The molecular formula is C12H11NO3. The van der Waals surface area contributed by atoms with Crippen molar-refractivity contribution >= 4 is 12.2 Å². The molecule has 0 aliphatic heterocycles. The number of hydrogen-bond donors (Lipinski definition) is 2. The Labute approximate surface area is 93.3 Å². The summed E-state index contributed by atoms with van der Waals surface area (Å²) in [6.45, 7) is 1.57. The number of benzene rings is 1. The summed E-state index contributed by atoms with van der Waals surface area (Å²) in [6.07, 6.45) is 0.627. The van der Waals surface area contributed by atoms with Gasteiger partial charge in [-0.05, 0) is 6.07 Å². The van der Waals surface area contributed by atoms with Crippen molar-refractivity contribution in [3.05, 3.63) is 29.3 Å². The summed E-state index contributed by atoms with van der Waals surface area (Å²) in [6, 6.07) is 4.59. The Morgan fingerprint density at radius 3 is 2.94 bits per heavy atom. The van der Waals surface area contributed by atoms with E-state index >= 15 is 0 Å². The summed E-state index contributed by atoms with van der Waals surface area (Å²) >= 11 is 0. The van der Waals surface area contributed by atoms with Crippen molar-refractivity contribution in [3.8, 4) is 17.6 Å². The first-order valence-electron chi connectivity index (χ1n) is 4.65. The predicted molar refractivity (Wildman–Crippen MR) is 59.1 cm³/mol. The number of hydrogen-bond acceptors (Lipinski definition) is 3. The molecule has 0 heterocycles. The second-order valence-corrected chi connectivity index (χ2v) is 3.07. The lowest BCUT2D eigenvalue weighted by Crippen LogP contribution is -2.19. The molecule has 4 nitrogen and oxygen atoms in total. The summed E-state index contributed by atoms with van der Waals surface area (Å²) in [7, 11) is 0. The van der Waals surface area contributed by atoms with Crippen LogP contribution in [0.15, 0.2) is 18.2 Å². The minimum Gasteiger partial charge on any atom is -0.507 e. The van der Waals surface area contributed by atoms with E-state index in [2.05, 4.69) is 17.2 Å². The fourth-order valence-electron chi connectivity index (χ4n) is 1.09. The molecule has 0 bridgehead atoms. The molecule has 0 spiro atoms. The van der Waals surface area contributed by atoms with Crippen molar-refractivity contribution in [2.24, 2.45) is 0 Å². The molecule has 0 atom stereocenters. The van der Waals surface area contributed by atoms with Crippen LogP contribution in [-0.4, -0.2) is 23.8 Å². The normalized spacial score (nSPS) is 8.81. The predicted octanol–water partition coefficient (Wildman–Crippen LogP) is 0.692. The van der Waals surface area contributed by atoms with E-state index < -0.39 is 0 Å². The van der Waals surface area contributed by atoms with E-state index in [9.17, 15) is 14.7 Å². The highest BCUT2D eigenvalue weighted by Gasteiger charge is 2.02. The third-order valence-electron chi connectivity index (χ3n) is 1.84. The zero-order chi connectivity index (χ0) is 12.0. The van der Waals surface area contributed by atoms with Gasteiger partial charge in [-0.3, -0.25) is 9.59 Å². The average Bonchev–Trinajstić information content (AvgIpc) is 2.25. The number of phenolic OH excluding ortho intramolecular Hbond substituents is 1. The fraction of sp³-hybridized carbons (Fsp3) is 0.167. The number of nitrogens with one attached hydrogen (secondary N) is 1. The molecule has 0 aromatic heterocycles.